The number of hydrogen-bond donors (Lipinski definition) is 1. The van der Waals surface area contributed by atoms with E-state index in [1.165, 1.54) is 0 Å². The third-order valence-electron chi connectivity index (χ3n) is 4.49. The Bertz CT molecular complexity index is 588. The summed E-state index contributed by atoms with van der Waals surface area (Å²) in [5.41, 5.74) is -0.846. The second-order valence-electron chi connectivity index (χ2n) is 6.25. The van der Waals surface area contributed by atoms with Crippen molar-refractivity contribution in [3.8, 4) is 0 Å². The monoisotopic (exact) mass is 346 g/mol. The van der Waals surface area contributed by atoms with Crippen LogP contribution < -0.4 is 5.32 Å². The molecule has 0 saturated carbocycles. The predicted molar refractivity (Wildman–Crippen MR) is 82.7 cm³/mol. The van der Waals surface area contributed by atoms with Crippen LogP contribution in [0.1, 0.15) is 37.8 Å². The fourth-order valence-electron chi connectivity index (χ4n) is 3.03. The molecule has 1 aromatic carbocycles. The standard InChI is InChI=1S/C17H22F4N2O/c1-3-16(24)23-7-6-15(11(2)10-23)22-9-12-8-13(17(19,20)21)4-5-14(12)18/h4-5,8,11,15,22H,3,6-7,9-10H2,1-2H3/t11-,15-/m1/s1. The van der Waals surface area contributed by atoms with E-state index in [-0.39, 0.29) is 30.0 Å². The number of likely N-dealkylation sites (tertiary alicyclic amines) is 1. The number of rotatable bonds is 4. The third kappa shape index (κ3) is 4.47. The first-order valence-corrected chi connectivity index (χ1v) is 8.09. The Morgan fingerprint density at radius 3 is 2.67 bits per heavy atom. The number of carbonyl (C=O) groups is 1. The highest BCUT2D eigenvalue weighted by Gasteiger charge is 2.31. The van der Waals surface area contributed by atoms with Crippen LogP contribution in [0.25, 0.3) is 0 Å². The number of nitrogens with zero attached hydrogens (tertiary/aromatic N) is 1. The van der Waals surface area contributed by atoms with Crippen LogP contribution in [0.15, 0.2) is 18.2 Å². The van der Waals surface area contributed by atoms with Crippen molar-refractivity contribution in [2.75, 3.05) is 13.1 Å². The zero-order chi connectivity index (χ0) is 17.9. The number of halogens is 4. The van der Waals surface area contributed by atoms with E-state index in [0.717, 1.165) is 18.2 Å². The largest absolute Gasteiger partial charge is 0.416 e. The number of nitrogens with one attached hydrogen (secondary N) is 1. The van der Waals surface area contributed by atoms with Gasteiger partial charge in [-0.15, -0.1) is 0 Å². The van der Waals surface area contributed by atoms with Crippen molar-refractivity contribution in [3.05, 3.63) is 35.1 Å². The van der Waals surface area contributed by atoms with Gasteiger partial charge in [0.05, 0.1) is 5.56 Å². The van der Waals surface area contributed by atoms with Crippen LogP contribution in [0, 0.1) is 11.7 Å². The molecule has 3 nitrogen and oxygen atoms in total. The van der Waals surface area contributed by atoms with E-state index >= 15 is 0 Å². The van der Waals surface area contributed by atoms with E-state index < -0.39 is 17.6 Å². The van der Waals surface area contributed by atoms with Gasteiger partial charge in [0.25, 0.3) is 0 Å². The van der Waals surface area contributed by atoms with Crippen molar-refractivity contribution in [1.29, 1.82) is 0 Å². The summed E-state index contributed by atoms with van der Waals surface area (Å²) in [4.78, 5) is 13.5. The average molecular weight is 346 g/mol. The van der Waals surface area contributed by atoms with Crippen LogP contribution in [-0.4, -0.2) is 29.9 Å². The predicted octanol–water partition coefficient (Wildman–Crippen LogP) is 3.58. The summed E-state index contributed by atoms with van der Waals surface area (Å²) in [6.07, 6.45) is -3.32. The van der Waals surface area contributed by atoms with E-state index in [2.05, 4.69) is 5.32 Å². The van der Waals surface area contributed by atoms with Gasteiger partial charge in [0.15, 0.2) is 0 Å². The van der Waals surface area contributed by atoms with E-state index in [0.29, 0.717) is 25.9 Å². The lowest BCUT2D eigenvalue weighted by Crippen LogP contribution is -2.49. The molecular weight excluding hydrogens is 324 g/mol. The van der Waals surface area contributed by atoms with Gasteiger partial charge in [0.2, 0.25) is 5.91 Å². The maximum Gasteiger partial charge on any atom is 0.416 e. The molecule has 1 aromatic rings. The van der Waals surface area contributed by atoms with Gasteiger partial charge in [-0.1, -0.05) is 13.8 Å². The van der Waals surface area contributed by atoms with Crippen LogP contribution in [0.3, 0.4) is 0 Å². The third-order valence-corrected chi connectivity index (χ3v) is 4.49. The number of hydrogen-bond acceptors (Lipinski definition) is 2. The second kappa shape index (κ2) is 7.51. The molecule has 1 fully saturated rings. The summed E-state index contributed by atoms with van der Waals surface area (Å²) in [6, 6.07) is 2.49. The normalized spacial score (nSPS) is 21.8. The molecule has 7 heteroatoms. The highest BCUT2D eigenvalue weighted by molar-refractivity contribution is 5.75. The molecule has 2 atom stereocenters. The van der Waals surface area contributed by atoms with Gasteiger partial charge in [-0.3, -0.25) is 4.79 Å². The van der Waals surface area contributed by atoms with Crippen LogP contribution >= 0.6 is 0 Å². The molecule has 1 N–H and O–H groups in total. The number of amides is 1. The maximum atomic E-state index is 13.8. The van der Waals surface area contributed by atoms with Crippen molar-refractivity contribution in [3.63, 3.8) is 0 Å². The summed E-state index contributed by atoms with van der Waals surface area (Å²) < 4.78 is 51.9. The topological polar surface area (TPSA) is 32.3 Å². The molecule has 1 saturated heterocycles. The first-order valence-electron chi connectivity index (χ1n) is 8.09. The van der Waals surface area contributed by atoms with E-state index in [1.54, 1.807) is 4.90 Å². The lowest BCUT2D eigenvalue weighted by atomic mass is 9.93. The Labute approximate surface area is 139 Å². The van der Waals surface area contributed by atoms with Crippen molar-refractivity contribution in [1.82, 2.24) is 10.2 Å². The molecule has 0 radical (unpaired) electrons. The highest BCUT2D eigenvalue weighted by atomic mass is 19.4. The Hall–Kier alpha value is -1.63. The van der Waals surface area contributed by atoms with Gasteiger partial charge in [0, 0.05) is 37.7 Å². The molecule has 1 aliphatic rings. The zero-order valence-corrected chi connectivity index (χ0v) is 13.8. The second-order valence-corrected chi connectivity index (χ2v) is 6.25. The lowest BCUT2D eigenvalue weighted by Gasteiger charge is -2.37. The van der Waals surface area contributed by atoms with E-state index in [1.807, 2.05) is 13.8 Å². The maximum absolute atomic E-state index is 13.8. The minimum atomic E-state index is -4.48. The van der Waals surface area contributed by atoms with Gasteiger partial charge < -0.3 is 10.2 Å². The minimum absolute atomic E-state index is 0.00379. The summed E-state index contributed by atoms with van der Waals surface area (Å²) in [7, 11) is 0. The van der Waals surface area contributed by atoms with Crippen molar-refractivity contribution < 1.29 is 22.4 Å². The molecular formula is C17H22F4N2O. The first-order chi connectivity index (χ1) is 11.2. The summed E-state index contributed by atoms with van der Waals surface area (Å²) >= 11 is 0. The van der Waals surface area contributed by atoms with Gasteiger partial charge in [0.1, 0.15) is 5.82 Å². The quantitative estimate of drug-likeness (QED) is 0.845. The van der Waals surface area contributed by atoms with Gasteiger partial charge in [-0.05, 0) is 30.5 Å². The Kier molecular flexibility index (Phi) is 5.85. The SMILES string of the molecule is CCC(=O)N1CC[C@@H](NCc2cc(C(F)(F)F)ccc2F)[C@H](C)C1. The zero-order valence-electron chi connectivity index (χ0n) is 13.8. The molecule has 0 aliphatic carbocycles. The molecule has 1 amide bonds. The molecule has 1 aliphatic heterocycles. The summed E-state index contributed by atoms with van der Waals surface area (Å²) in [6.45, 7) is 5.05. The van der Waals surface area contributed by atoms with Crippen molar-refractivity contribution >= 4 is 5.91 Å². The molecule has 0 bridgehead atoms. The summed E-state index contributed by atoms with van der Waals surface area (Å²) in [5, 5.41) is 3.14. The smallest absolute Gasteiger partial charge is 0.342 e. The number of piperidine rings is 1. The minimum Gasteiger partial charge on any atom is -0.342 e. The fraction of sp³-hybridized carbons (Fsp3) is 0.588. The molecule has 0 aromatic heterocycles. The molecule has 1 heterocycles. The highest BCUT2D eigenvalue weighted by Crippen LogP contribution is 2.30. The van der Waals surface area contributed by atoms with Gasteiger partial charge >= 0.3 is 6.18 Å². The fourth-order valence-corrected chi connectivity index (χ4v) is 3.03. The van der Waals surface area contributed by atoms with Crippen LogP contribution in [0.5, 0.6) is 0 Å². The van der Waals surface area contributed by atoms with E-state index in [9.17, 15) is 22.4 Å². The van der Waals surface area contributed by atoms with Gasteiger partial charge in [-0.2, -0.15) is 13.2 Å². The number of benzene rings is 1. The Morgan fingerprint density at radius 2 is 2.08 bits per heavy atom. The Balaban J connectivity index is 1.98. The molecule has 2 rings (SSSR count). The molecule has 134 valence electrons. The van der Waals surface area contributed by atoms with Gasteiger partial charge in [-0.25, -0.2) is 4.39 Å². The lowest BCUT2D eigenvalue weighted by molar-refractivity contribution is -0.137. The molecule has 0 unspecified atom stereocenters. The number of carbonyl (C=O) groups excluding carboxylic acids is 1. The molecule has 24 heavy (non-hydrogen) atoms. The van der Waals surface area contributed by atoms with Crippen molar-refractivity contribution in [2.24, 2.45) is 5.92 Å². The first kappa shape index (κ1) is 18.7. The average Bonchev–Trinajstić information content (AvgIpc) is 2.53. The number of alkyl halides is 3. The summed E-state index contributed by atoms with van der Waals surface area (Å²) in [5.74, 6) is -0.394. The van der Waals surface area contributed by atoms with Crippen LogP contribution in [-0.2, 0) is 17.5 Å². The van der Waals surface area contributed by atoms with E-state index in [4.69, 9.17) is 0 Å². The Morgan fingerprint density at radius 1 is 1.38 bits per heavy atom. The van der Waals surface area contributed by atoms with Crippen LogP contribution in [0.2, 0.25) is 0 Å². The van der Waals surface area contributed by atoms with Crippen molar-refractivity contribution in [2.45, 2.75) is 45.5 Å². The van der Waals surface area contributed by atoms with Crippen LogP contribution in [0.4, 0.5) is 17.6 Å². The molecule has 0 spiro atoms.